The lowest BCUT2D eigenvalue weighted by molar-refractivity contribution is 0.0926. The van der Waals surface area contributed by atoms with Crippen molar-refractivity contribution in [1.82, 2.24) is 15.1 Å². The van der Waals surface area contributed by atoms with Crippen molar-refractivity contribution in [2.75, 3.05) is 46.3 Å². The number of likely N-dealkylation sites (N-methyl/N-ethyl adjacent to an activating group) is 1. The zero-order valence-corrected chi connectivity index (χ0v) is 13.8. The van der Waals surface area contributed by atoms with Crippen molar-refractivity contribution in [3.8, 4) is 0 Å². The molecule has 23 heavy (non-hydrogen) atoms. The normalized spacial score (nSPS) is 16.7. The van der Waals surface area contributed by atoms with Gasteiger partial charge >= 0.3 is 0 Å². The Morgan fingerprint density at radius 1 is 1.17 bits per heavy atom. The molecule has 2 aromatic rings. The van der Waals surface area contributed by atoms with Gasteiger partial charge in [-0.3, -0.25) is 4.79 Å². The van der Waals surface area contributed by atoms with Crippen LogP contribution in [-0.4, -0.2) is 62.0 Å². The van der Waals surface area contributed by atoms with Gasteiger partial charge in [-0.05, 0) is 38.6 Å². The zero-order valence-electron chi connectivity index (χ0n) is 13.8. The number of piperazine rings is 1. The van der Waals surface area contributed by atoms with Gasteiger partial charge in [0.25, 0.3) is 5.91 Å². The molecule has 1 aromatic carbocycles. The van der Waals surface area contributed by atoms with Crippen molar-refractivity contribution in [2.45, 2.75) is 12.8 Å². The Labute approximate surface area is 137 Å². The fourth-order valence-electron chi connectivity index (χ4n) is 2.91. The van der Waals surface area contributed by atoms with E-state index in [0.717, 1.165) is 56.5 Å². The van der Waals surface area contributed by atoms with Gasteiger partial charge in [-0.1, -0.05) is 18.2 Å². The fraction of sp³-hybridized carbons (Fsp3) is 0.500. The Bertz CT molecular complexity index is 612. The summed E-state index contributed by atoms with van der Waals surface area (Å²) in [6.07, 6.45) is 2.11. The molecule has 2 heterocycles. The predicted octanol–water partition coefficient (Wildman–Crippen LogP) is 2.19. The third kappa shape index (κ3) is 4.33. The van der Waals surface area contributed by atoms with Crippen molar-refractivity contribution in [1.29, 1.82) is 0 Å². The van der Waals surface area contributed by atoms with Gasteiger partial charge in [0.15, 0.2) is 5.76 Å². The maximum Gasteiger partial charge on any atom is 0.287 e. The third-order valence-electron chi connectivity index (χ3n) is 4.43. The van der Waals surface area contributed by atoms with Crippen molar-refractivity contribution < 1.29 is 9.21 Å². The number of carbonyl (C=O) groups is 1. The lowest BCUT2D eigenvalue weighted by atomic mass is 10.2. The highest BCUT2D eigenvalue weighted by molar-refractivity contribution is 5.95. The van der Waals surface area contributed by atoms with Crippen LogP contribution in [0.1, 0.15) is 23.4 Å². The molecule has 0 radical (unpaired) electrons. The number of fused-ring (bicyclic) bond motifs is 1. The molecule has 0 atom stereocenters. The number of para-hydroxylation sites is 1. The van der Waals surface area contributed by atoms with Crippen LogP contribution in [0.2, 0.25) is 0 Å². The Balaban J connectivity index is 1.36. The van der Waals surface area contributed by atoms with Crippen molar-refractivity contribution in [3.63, 3.8) is 0 Å². The number of rotatable bonds is 6. The molecule has 1 N–H and O–H groups in total. The van der Waals surface area contributed by atoms with Gasteiger partial charge < -0.3 is 19.5 Å². The maximum atomic E-state index is 12.1. The third-order valence-corrected chi connectivity index (χ3v) is 4.43. The molecule has 1 aromatic heterocycles. The van der Waals surface area contributed by atoms with E-state index in [1.165, 1.54) is 0 Å². The zero-order chi connectivity index (χ0) is 16.1. The molecule has 1 amide bonds. The number of benzene rings is 1. The quantitative estimate of drug-likeness (QED) is 0.830. The summed E-state index contributed by atoms with van der Waals surface area (Å²) in [5.74, 6) is 0.270. The fourth-order valence-corrected chi connectivity index (χ4v) is 2.91. The second kappa shape index (κ2) is 7.62. The molecule has 0 bridgehead atoms. The van der Waals surface area contributed by atoms with Gasteiger partial charge in [0.05, 0.1) is 0 Å². The monoisotopic (exact) mass is 315 g/mol. The summed E-state index contributed by atoms with van der Waals surface area (Å²) in [5, 5.41) is 3.91. The minimum atomic E-state index is -0.124. The Hall–Kier alpha value is -1.85. The van der Waals surface area contributed by atoms with Gasteiger partial charge in [0.2, 0.25) is 0 Å². The number of furan rings is 1. The van der Waals surface area contributed by atoms with Crippen molar-refractivity contribution in [3.05, 3.63) is 36.1 Å². The van der Waals surface area contributed by atoms with Gasteiger partial charge in [0.1, 0.15) is 5.58 Å². The molecule has 1 saturated heterocycles. The van der Waals surface area contributed by atoms with Gasteiger partial charge in [-0.25, -0.2) is 0 Å². The largest absolute Gasteiger partial charge is 0.451 e. The summed E-state index contributed by atoms with van der Waals surface area (Å²) >= 11 is 0. The highest BCUT2D eigenvalue weighted by Crippen LogP contribution is 2.18. The first-order valence-electron chi connectivity index (χ1n) is 8.40. The van der Waals surface area contributed by atoms with E-state index in [4.69, 9.17) is 4.42 Å². The molecule has 1 aliphatic heterocycles. The van der Waals surface area contributed by atoms with E-state index in [2.05, 4.69) is 22.2 Å². The van der Waals surface area contributed by atoms with Gasteiger partial charge in [-0.2, -0.15) is 0 Å². The first-order valence-corrected chi connectivity index (χ1v) is 8.40. The van der Waals surface area contributed by atoms with E-state index in [9.17, 15) is 4.79 Å². The number of hydrogen-bond donors (Lipinski definition) is 1. The molecule has 1 aliphatic rings. The topological polar surface area (TPSA) is 48.7 Å². The highest BCUT2D eigenvalue weighted by atomic mass is 16.3. The number of nitrogens with one attached hydrogen (secondary N) is 1. The van der Waals surface area contributed by atoms with Gasteiger partial charge in [-0.15, -0.1) is 0 Å². The molecular weight excluding hydrogens is 290 g/mol. The Morgan fingerprint density at radius 2 is 1.96 bits per heavy atom. The second-order valence-electron chi connectivity index (χ2n) is 6.26. The second-order valence-corrected chi connectivity index (χ2v) is 6.26. The molecule has 1 fully saturated rings. The predicted molar refractivity (Wildman–Crippen MR) is 91.7 cm³/mol. The minimum Gasteiger partial charge on any atom is -0.451 e. The van der Waals surface area contributed by atoms with Crippen molar-refractivity contribution >= 4 is 16.9 Å². The van der Waals surface area contributed by atoms with E-state index in [0.29, 0.717) is 12.3 Å². The lowest BCUT2D eigenvalue weighted by Crippen LogP contribution is -2.44. The standard InChI is InChI=1S/C18H25N3O2/c1-20-10-12-21(13-11-20)9-5-4-8-19-18(22)17-14-15-6-2-3-7-16(15)23-17/h2-3,6-7,14H,4-5,8-13H2,1H3,(H,19,22). The number of amides is 1. The minimum absolute atomic E-state index is 0.124. The van der Waals surface area contributed by atoms with E-state index in [-0.39, 0.29) is 5.91 Å². The summed E-state index contributed by atoms with van der Waals surface area (Å²) in [7, 11) is 2.17. The Morgan fingerprint density at radius 3 is 2.74 bits per heavy atom. The first kappa shape index (κ1) is 16.0. The molecule has 0 spiro atoms. The molecule has 0 saturated carbocycles. The number of hydrogen-bond acceptors (Lipinski definition) is 4. The van der Waals surface area contributed by atoms with E-state index < -0.39 is 0 Å². The maximum absolute atomic E-state index is 12.1. The number of carbonyl (C=O) groups excluding carboxylic acids is 1. The number of nitrogens with zero attached hydrogens (tertiary/aromatic N) is 2. The number of unbranched alkanes of at least 4 members (excludes halogenated alkanes) is 1. The van der Waals surface area contributed by atoms with Crippen LogP contribution in [0.15, 0.2) is 34.7 Å². The Kier molecular flexibility index (Phi) is 5.31. The molecule has 0 unspecified atom stereocenters. The SMILES string of the molecule is CN1CCN(CCCCNC(=O)c2cc3ccccc3o2)CC1. The van der Waals surface area contributed by atoms with Crippen LogP contribution in [0.4, 0.5) is 0 Å². The molecule has 0 aliphatic carbocycles. The molecular formula is C18H25N3O2. The van der Waals surface area contributed by atoms with Crippen LogP contribution in [0.5, 0.6) is 0 Å². The summed E-state index contributed by atoms with van der Waals surface area (Å²) in [6.45, 7) is 6.44. The van der Waals surface area contributed by atoms with Crippen molar-refractivity contribution in [2.24, 2.45) is 0 Å². The van der Waals surface area contributed by atoms with Crippen LogP contribution in [0, 0.1) is 0 Å². The molecule has 124 valence electrons. The molecule has 3 rings (SSSR count). The summed E-state index contributed by atoms with van der Waals surface area (Å²) in [6, 6.07) is 9.48. The summed E-state index contributed by atoms with van der Waals surface area (Å²) in [4.78, 5) is 17.0. The van der Waals surface area contributed by atoms with Crippen LogP contribution < -0.4 is 5.32 Å². The first-order chi connectivity index (χ1) is 11.2. The molecule has 5 nitrogen and oxygen atoms in total. The van der Waals surface area contributed by atoms with Gasteiger partial charge in [0, 0.05) is 38.1 Å². The highest BCUT2D eigenvalue weighted by Gasteiger charge is 2.13. The smallest absolute Gasteiger partial charge is 0.287 e. The summed E-state index contributed by atoms with van der Waals surface area (Å²) in [5.41, 5.74) is 0.757. The van der Waals surface area contributed by atoms with Crippen LogP contribution in [0.25, 0.3) is 11.0 Å². The molecule has 5 heteroatoms. The average Bonchev–Trinajstić information content (AvgIpc) is 3.00. The summed E-state index contributed by atoms with van der Waals surface area (Å²) < 4.78 is 5.57. The average molecular weight is 315 g/mol. The van der Waals surface area contributed by atoms with Crippen LogP contribution in [0.3, 0.4) is 0 Å². The lowest BCUT2D eigenvalue weighted by Gasteiger charge is -2.32. The van der Waals surface area contributed by atoms with Crippen LogP contribution in [-0.2, 0) is 0 Å². The van der Waals surface area contributed by atoms with Crippen LogP contribution >= 0.6 is 0 Å². The van der Waals surface area contributed by atoms with E-state index in [1.807, 2.05) is 24.3 Å². The van der Waals surface area contributed by atoms with E-state index >= 15 is 0 Å². The van der Waals surface area contributed by atoms with E-state index in [1.54, 1.807) is 6.07 Å².